The lowest BCUT2D eigenvalue weighted by atomic mass is 10.0. The van der Waals surface area contributed by atoms with Crippen LogP contribution in [0, 0.1) is 0 Å². The Morgan fingerprint density at radius 1 is 1.36 bits per heavy atom. The third-order valence-electron chi connectivity index (χ3n) is 2.35. The molecule has 1 aliphatic heterocycles. The van der Waals surface area contributed by atoms with Crippen LogP contribution in [-0.4, -0.2) is 29.5 Å². The maximum atomic E-state index is 12.8. The Morgan fingerprint density at radius 3 is 2.09 bits per heavy atom. The topological polar surface area (TPSA) is 3.24 Å². The van der Waals surface area contributed by atoms with Gasteiger partial charge in [-0.3, -0.25) is 4.90 Å². The van der Waals surface area contributed by atoms with Gasteiger partial charge in [0.15, 0.2) is 0 Å². The van der Waals surface area contributed by atoms with Crippen molar-refractivity contribution in [1.29, 1.82) is 0 Å². The second-order valence-electron chi connectivity index (χ2n) is 3.86. The van der Waals surface area contributed by atoms with Gasteiger partial charge in [-0.15, -0.1) is 0 Å². The molecule has 0 amide bonds. The maximum absolute atomic E-state index is 12.8. The van der Waals surface area contributed by atoms with E-state index in [0.29, 0.717) is 6.54 Å². The second kappa shape index (κ2) is 2.41. The molecular weight excluding hydrogens is 148 g/mol. The highest BCUT2D eigenvalue weighted by Crippen LogP contribution is 2.38. The highest BCUT2D eigenvalue weighted by molar-refractivity contribution is 4.96. The number of rotatable bonds is 1. The first-order valence-electron chi connectivity index (χ1n) is 4.00. The Hall–Kier alpha value is -0.180. The van der Waals surface area contributed by atoms with E-state index in [0.717, 1.165) is 0 Å². The number of hydrogen-bond acceptors (Lipinski definition) is 1. The van der Waals surface area contributed by atoms with Crippen LogP contribution < -0.4 is 0 Å². The van der Waals surface area contributed by atoms with Crippen LogP contribution in [0.2, 0.25) is 0 Å². The van der Waals surface area contributed by atoms with Gasteiger partial charge in [-0.1, -0.05) is 6.92 Å². The highest BCUT2D eigenvalue weighted by Gasteiger charge is 2.48. The summed E-state index contributed by atoms with van der Waals surface area (Å²) in [6, 6.07) is 0. The Balaban J connectivity index is 2.71. The summed E-state index contributed by atoms with van der Waals surface area (Å²) in [5, 5.41) is 0. The molecule has 0 spiro atoms. The zero-order valence-electron chi connectivity index (χ0n) is 7.32. The summed E-state index contributed by atoms with van der Waals surface area (Å²) in [6.07, 6.45) is -0.00611. The number of nitrogens with zero attached hydrogens (tertiary/aromatic N) is 1. The van der Waals surface area contributed by atoms with Gasteiger partial charge in [-0.25, -0.2) is 8.78 Å². The summed E-state index contributed by atoms with van der Waals surface area (Å²) >= 11 is 0. The van der Waals surface area contributed by atoms with Crippen molar-refractivity contribution in [2.45, 2.75) is 38.7 Å². The first-order valence-corrected chi connectivity index (χ1v) is 4.00. The van der Waals surface area contributed by atoms with Crippen molar-refractivity contribution in [2.24, 2.45) is 0 Å². The normalized spacial score (nSPS) is 29.2. The molecule has 0 aromatic carbocycles. The number of likely N-dealkylation sites (tertiary alicyclic amines) is 1. The summed E-state index contributed by atoms with van der Waals surface area (Å²) in [5.74, 6) is -2.47. The van der Waals surface area contributed by atoms with E-state index in [2.05, 4.69) is 0 Å². The highest BCUT2D eigenvalue weighted by atomic mass is 19.3. The van der Waals surface area contributed by atoms with Crippen molar-refractivity contribution in [3.63, 3.8) is 0 Å². The van der Waals surface area contributed by atoms with Crippen LogP contribution in [0.3, 0.4) is 0 Å². The molecule has 3 heteroatoms. The Morgan fingerprint density at radius 2 is 1.91 bits per heavy atom. The maximum Gasteiger partial charge on any atom is 0.262 e. The molecule has 1 rings (SSSR count). The van der Waals surface area contributed by atoms with Crippen molar-refractivity contribution < 1.29 is 8.78 Å². The zero-order chi connectivity index (χ0) is 8.70. The van der Waals surface area contributed by atoms with Gasteiger partial charge in [0.1, 0.15) is 0 Å². The second-order valence-corrected chi connectivity index (χ2v) is 3.86. The van der Waals surface area contributed by atoms with Crippen LogP contribution in [-0.2, 0) is 0 Å². The summed E-state index contributed by atoms with van der Waals surface area (Å²) in [6.45, 7) is 6.30. The zero-order valence-corrected chi connectivity index (χ0v) is 7.32. The Labute approximate surface area is 66.4 Å². The molecule has 0 N–H and O–H groups in total. The van der Waals surface area contributed by atoms with E-state index in [1.165, 1.54) is 0 Å². The SMILES string of the molecule is CCN1CC(F)(F)CC1(C)C. The fourth-order valence-corrected chi connectivity index (χ4v) is 1.83. The number of alkyl halides is 2. The van der Waals surface area contributed by atoms with Gasteiger partial charge in [0.05, 0.1) is 6.54 Å². The van der Waals surface area contributed by atoms with E-state index < -0.39 is 5.92 Å². The average Bonchev–Trinajstić information content (AvgIpc) is 1.99. The van der Waals surface area contributed by atoms with Crippen molar-refractivity contribution >= 4 is 0 Å². The first-order chi connectivity index (χ1) is 4.87. The van der Waals surface area contributed by atoms with E-state index >= 15 is 0 Å². The van der Waals surface area contributed by atoms with Gasteiger partial charge in [-0.2, -0.15) is 0 Å². The predicted molar refractivity (Wildman–Crippen MR) is 40.9 cm³/mol. The molecule has 66 valence electrons. The van der Waals surface area contributed by atoms with Gasteiger partial charge in [0.2, 0.25) is 0 Å². The van der Waals surface area contributed by atoms with E-state index in [-0.39, 0.29) is 18.5 Å². The van der Waals surface area contributed by atoms with Gasteiger partial charge >= 0.3 is 0 Å². The lowest BCUT2D eigenvalue weighted by Crippen LogP contribution is -2.37. The van der Waals surface area contributed by atoms with Gasteiger partial charge in [-0.05, 0) is 20.4 Å². The van der Waals surface area contributed by atoms with Crippen molar-refractivity contribution in [1.82, 2.24) is 4.90 Å². The molecule has 1 fully saturated rings. The van der Waals surface area contributed by atoms with Gasteiger partial charge in [0, 0.05) is 12.0 Å². The molecule has 0 saturated carbocycles. The van der Waals surface area contributed by atoms with Crippen LogP contribution >= 0.6 is 0 Å². The molecular formula is C8H15F2N. The molecule has 1 saturated heterocycles. The van der Waals surface area contributed by atoms with Crippen LogP contribution in [0.15, 0.2) is 0 Å². The third-order valence-corrected chi connectivity index (χ3v) is 2.35. The van der Waals surface area contributed by atoms with Crippen molar-refractivity contribution in [3.05, 3.63) is 0 Å². The van der Waals surface area contributed by atoms with Crippen LogP contribution in [0.5, 0.6) is 0 Å². The van der Waals surface area contributed by atoms with E-state index in [1.807, 2.05) is 25.7 Å². The molecule has 1 nitrogen and oxygen atoms in total. The Bertz CT molecular complexity index is 154. The fraction of sp³-hybridized carbons (Fsp3) is 1.00. The largest absolute Gasteiger partial charge is 0.292 e. The van der Waals surface area contributed by atoms with E-state index in [1.54, 1.807) is 0 Å². The van der Waals surface area contributed by atoms with E-state index in [4.69, 9.17) is 0 Å². The van der Waals surface area contributed by atoms with Gasteiger partial charge < -0.3 is 0 Å². The van der Waals surface area contributed by atoms with Crippen LogP contribution in [0.4, 0.5) is 8.78 Å². The minimum atomic E-state index is -2.47. The lowest BCUT2D eigenvalue weighted by Gasteiger charge is -2.28. The molecule has 0 aromatic heterocycles. The number of halogens is 2. The molecule has 1 aliphatic rings. The van der Waals surface area contributed by atoms with Crippen LogP contribution in [0.1, 0.15) is 27.2 Å². The molecule has 0 bridgehead atoms. The minimum Gasteiger partial charge on any atom is -0.292 e. The lowest BCUT2D eigenvalue weighted by molar-refractivity contribution is 0.0119. The predicted octanol–water partition coefficient (Wildman–Crippen LogP) is 2.13. The molecule has 0 unspecified atom stereocenters. The quantitative estimate of drug-likeness (QED) is 0.572. The molecule has 0 aliphatic carbocycles. The molecule has 0 atom stereocenters. The standard InChI is InChI=1S/C8H15F2N/c1-4-11-6-8(9,10)5-7(11,2)3/h4-6H2,1-3H3. The summed E-state index contributed by atoms with van der Waals surface area (Å²) in [5.41, 5.74) is -0.321. The minimum absolute atomic E-state index is 0.00611. The van der Waals surface area contributed by atoms with E-state index in [9.17, 15) is 8.78 Å². The molecule has 1 heterocycles. The van der Waals surface area contributed by atoms with Gasteiger partial charge in [0.25, 0.3) is 5.92 Å². The summed E-state index contributed by atoms with van der Waals surface area (Å²) in [4.78, 5) is 1.83. The molecule has 11 heavy (non-hydrogen) atoms. The third kappa shape index (κ3) is 1.70. The Kier molecular flexibility index (Phi) is 1.95. The van der Waals surface area contributed by atoms with Crippen LogP contribution in [0.25, 0.3) is 0 Å². The first kappa shape index (κ1) is 8.91. The monoisotopic (exact) mass is 163 g/mol. The molecule has 0 aromatic rings. The smallest absolute Gasteiger partial charge is 0.262 e. The summed E-state index contributed by atoms with van der Waals surface area (Å²) in [7, 11) is 0. The number of hydrogen-bond donors (Lipinski definition) is 0. The summed E-state index contributed by atoms with van der Waals surface area (Å²) < 4.78 is 25.7. The average molecular weight is 163 g/mol. The van der Waals surface area contributed by atoms with Crippen molar-refractivity contribution in [3.8, 4) is 0 Å². The molecule has 0 radical (unpaired) electrons. The fourth-order valence-electron chi connectivity index (χ4n) is 1.83. The van der Waals surface area contributed by atoms with Crippen molar-refractivity contribution in [2.75, 3.05) is 13.1 Å².